The molecule has 2 aromatic carbocycles. The zero-order valence-electron chi connectivity index (χ0n) is 26.9. The van der Waals surface area contributed by atoms with E-state index in [0.717, 1.165) is 24.0 Å². The second kappa shape index (κ2) is 13.8. The lowest BCUT2D eigenvalue weighted by Gasteiger charge is -2.33. The fraction of sp³-hybridized carbons (Fsp3) is 0.471. The summed E-state index contributed by atoms with van der Waals surface area (Å²) in [6, 6.07) is 20.3. The fourth-order valence-corrected chi connectivity index (χ4v) is 6.21. The minimum Gasteiger partial charge on any atom is -0.444 e. The number of nitrogens with one attached hydrogen (secondary N) is 2. The molecule has 47 heavy (non-hydrogen) atoms. The molecule has 4 aromatic rings. The molecule has 13 heteroatoms. The van der Waals surface area contributed by atoms with Crippen molar-refractivity contribution in [1.82, 2.24) is 24.8 Å². The number of alkyl carbamates (subject to hydrolysis) is 1. The quantitative estimate of drug-likeness (QED) is 0.181. The van der Waals surface area contributed by atoms with Gasteiger partial charge in [-0.2, -0.15) is 9.97 Å². The average Bonchev–Trinajstić information content (AvgIpc) is 3.61. The fourth-order valence-electron chi connectivity index (χ4n) is 6.21. The van der Waals surface area contributed by atoms with Crippen LogP contribution in [-0.2, 0) is 9.47 Å². The second-order valence-corrected chi connectivity index (χ2v) is 13.1. The zero-order valence-corrected chi connectivity index (χ0v) is 26.9. The van der Waals surface area contributed by atoms with Gasteiger partial charge in [0.25, 0.3) is 0 Å². The van der Waals surface area contributed by atoms with E-state index in [0.29, 0.717) is 42.6 Å². The first-order valence-electron chi connectivity index (χ1n) is 16.1. The summed E-state index contributed by atoms with van der Waals surface area (Å²) in [5.74, 6) is 0.917. The van der Waals surface area contributed by atoms with E-state index in [9.17, 15) is 20.1 Å². The van der Waals surface area contributed by atoms with E-state index in [1.807, 2.05) is 62.1 Å². The van der Waals surface area contributed by atoms with Crippen molar-refractivity contribution >= 4 is 29.0 Å². The predicted molar refractivity (Wildman–Crippen MR) is 176 cm³/mol. The van der Waals surface area contributed by atoms with Gasteiger partial charge in [0.05, 0.1) is 12.9 Å². The molecule has 2 aliphatic heterocycles. The maximum Gasteiger partial charge on any atom is 0.407 e. The Morgan fingerprint density at radius 2 is 1.72 bits per heavy atom. The van der Waals surface area contributed by atoms with Crippen LogP contribution in [0.25, 0.3) is 11.2 Å². The Morgan fingerprint density at radius 3 is 2.34 bits per heavy atom. The van der Waals surface area contributed by atoms with Crippen LogP contribution in [0.3, 0.4) is 0 Å². The predicted octanol–water partition coefficient (Wildman–Crippen LogP) is 3.18. The van der Waals surface area contributed by atoms with Crippen molar-refractivity contribution < 1.29 is 29.6 Å². The number of aromatic nitrogens is 4. The van der Waals surface area contributed by atoms with Gasteiger partial charge < -0.3 is 40.3 Å². The van der Waals surface area contributed by atoms with Crippen LogP contribution >= 0.6 is 0 Å². The SMILES string of the molecule is CC(C)(C)OC(=O)N[C@@H]1CCCN(c2nc(NCC(c3ccccc3)c3ccccc3)c3ncn([C@@H]4O[C@H](CO)[C@@H](O)[C@@H]4O)c3n2)C1. The van der Waals surface area contributed by atoms with Crippen LogP contribution in [-0.4, -0.2) is 97.1 Å². The van der Waals surface area contributed by atoms with E-state index in [4.69, 9.17) is 19.4 Å². The maximum absolute atomic E-state index is 12.6. The van der Waals surface area contributed by atoms with Gasteiger partial charge in [0.15, 0.2) is 23.2 Å². The van der Waals surface area contributed by atoms with Crippen molar-refractivity contribution in [3.05, 3.63) is 78.1 Å². The summed E-state index contributed by atoms with van der Waals surface area (Å²) in [5.41, 5.74) is 2.53. The van der Waals surface area contributed by atoms with Gasteiger partial charge in [0.1, 0.15) is 23.9 Å². The lowest BCUT2D eigenvalue weighted by molar-refractivity contribution is -0.0511. The number of piperidine rings is 1. The number of rotatable bonds is 9. The second-order valence-electron chi connectivity index (χ2n) is 13.1. The third-order valence-electron chi connectivity index (χ3n) is 8.50. The maximum atomic E-state index is 12.6. The molecule has 0 aliphatic carbocycles. The Hall–Kier alpha value is -4.30. The van der Waals surface area contributed by atoms with Crippen LogP contribution in [0, 0.1) is 0 Å². The lowest BCUT2D eigenvalue weighted by atomic mass is 9.91. The summed E-state index contributed by atoms with van der Waals surface area (Å²) in [5, 5.41) is 37.5. The van der Waals surface area contributed by atoms with Crippen molar-refractivity contribution in [1.29, 1.82) is 0 Å². The summed E-state index contributed by atoms with van der Waals surface area (Å²) < 4.78 is 12.9. The largest absolute Gasteiger partial charge is 0.444 e. The number of anilines is 2. The highest BCUT2D eigenvalue weighted by atomic mass is 16.6. The molecule has 5 N–H and O–H groups in total. The Labute approximate surface area is 273 Å². The summed E-state index contributed by atoms with van der Waals surface area (Å²) in [6.45, 7) is 6.66. The van der Waals surface area contributed by atoms with E-state index >= 15 is 0 Å². The number of nitrogens with zero attached hydrogens (tertiary/aromatic N) is 5. The molecule has 0 bridgehead atoms. The Kier molecular flexibility index (Phi) is 9.60. The monoisotopic (exact) mass is 645 g/mol. The topological polar surface area (TPSA) is 167 Å². The molecular weight excluding hydrogens is 602 g/mol. The van der Waals surface area contributed by atoms with E-state index in [1.165, 1.54) is 6.33 Å². The standard InChI is InChI=1S/C34H43N7O6/c1-34(2,3)47-33(45)37-23-15-10-16-40(18-23)32-38-29(35-17-24(21-11-6-4-7-12-21)22-13-8-5-9-14-22)26-30(39-32)41(20-36-26)31-28(44)27(43)25(19-42)46-31/h4-9,11-14,20,23-25,27-28,31,42-44H,10,15-19H2,1-3H3,(H,37,45)(H,35,38,39)/t23-,25-,27-,28+,31-/m1/s1. The van der Waals surface area contributed by atoms with Crippen LogP contribution in [0.4, 0.5) is 16.6 Å². The molecule has 4 heterocycles. The van der Waals surface area contributed by atoms with Gasteiger partial charge in [-0.3, -0.25) is 4.57 Å². The van der Waals surface area contributed by atoms with Gasteiger partial charge in [-0.05, 0) is 44.7 Å². The third kappa shape index (κ3) is 7.33. The minimum absolute atomic E-state index is 0.00536. The number of amides is 1. The Balaban J connectivity index is 1.34. The number of fused-ring (bicyclic) bond motifs is 1. The van der Waals surface area contributed by atoms with Gasteiger partial charge >= 0.3 is 6.09 Å². The number of carbonyl (C=O) groups excluding carboxylic acids is 1. The summed E-state index contributed by atoms with van der Waals surface area (Å²) in [6.07, 6.45) is -1.96. The molecule has 250 valence electrons. The first-order valence-corrected chi connectivity index (χ1v) is 16.1. The van der Waals surface area contributed by atoms with Gasteiger partial charge in [0.2, 0.25) is 5.95 Å². The first kappa shape index (κ1) is 32.6. The summed E-state index contributed by atoms with van der Waals surface area (Å²) in [4.78, 5) is 29.0. The molecule has 2 aromatic heterocycles. The molecule has 2 fully saturated rings. The minimum atomic E-state index is -1.31. The molecule has 0 spiro atoms. The molecule has 2 saturated heterocycles. The number of aliphatic hydroxyl groups excluding tert-OH is 3. The van der Waals surface area contributed by atoms with Crippen molar-refractivity contribution in [3.8, 4) is 0 Å². The van der Waals surface area contributed by atoms with Crippen molar-refractivity contribution in [2.45, 2.75) is 75.7 Å². The van der Waals surface area contributed by atoms with Crippen LogP contribution in [0.15, 0.2) is 67.0 Å². The molecule has 6 rings (SSSR count). The van der Waals surface area contributed by atoms with Crippen LogP contribution in [0.1, 0.15) is 56.9 Å². The van der Waals surface area contributed by atoms with E-state index in [1.54, 1.807) is 4.57 Å². The normalized spacial score (nSPS) is 23.3. The zero-order chi connectivity index (χ0) is 33.1. The molecule has 5 atom stereocenters. The van der Waals surface area contributed by atoms with Crippen molar-refractivity contribution in [2.75, 3.05) is 36.5 Å². The molecule has 0 radical (unpaired) electrons. The summed E-state index contributed by atoms with van der Waals surface area (Å²) >= 11 is 0. The van der Waals surface area contributed by atoms with Crippen molar-refractivity contribution in [3.63, 3.8) is 0 Å². The van der Waals surface area contributed by atoms with Crippen LogP contribution < -0.4 is 15.5 Å². The smallest absolute Gasteiger partial charge is 0.407 e. The van der Waals surface area contributed by atoms with Crippen molar-refractivity contribution in [2.24, 2.45) is 0 Å². The van der Waals surface area contributed by atoms with Crippen LogP contribution in [0.5, 0.6) is 0 Å². The van der Waals surface area contributed by atoms with E-state index < -0.39 is 42.8 Å². The number of ether oxygens (including phenoxy) is 2. The highest BCUT2D eigenvalue weighted by molar-refractivity contribution is 5.84. The number of hydrogen-bond acceptors (Lipinski definition) is 11. The highest BCUT2D eigenvalue weighted by Gasteiger charge is 2.44. The molecule has 13 nitrogen and oxygen atoms in total. The van der Waals surface area contributed by atoms with E-state index in [2.05, 4.69) is 39.9 Å². The third-order valence-corrected chi connectivity index (χ3v) is 8.50. The molecule has 0 saturated carbocycles. The van der Waals surface area contributed by atoms with E-state index in [-0.39, 0.29) is 12.0 Å². The molecule has 0 unspecified atom stereocenters. The highest BCUT2D eigenvalue weighted by Crippen LogP contribution is 2.34. The Bertz CT molecular complexity index is 1610. The number of imidazole rings is 1. The van der Waals surface area contributed by atoms with Crippen LogP contribution in [0.2, 0.25) is 0 Å². The van der Waals surface area contributed by atoms with Gasteiger partial charge in [-0.25, -0.2) is 9.78 Å². The lowest BCUT2D eigenvalue weighted by Crippen LogP contribution is -2.49. The number of carbonyl (C=O) groups is 1. The van der Waals surface area contributed by atoms with Gasteiger partial charge in [-0.1, -0.05) is 60.7 Å². The van der Waals surface area contributed by atoms with Gasteiger partial charge in [-0.15, -0.1) is 0 Å². The first-order chi connectivity index (χ1) is 22.6. The molecule has 1 amide bonds. The number of benzene rings is 2. The Morgan fingerprint density at radius 1 is 1.04 bits per heavy atom. The average molecular weight is 646 g/mol. The van der Waals surface area contributed by atoms with Gasteiger partial charge in [0, 0.05) is 31.6 Å². The molecule has 2 aliphatic rings. The molecular formula is C34H43N7O6. The summed E-state index contributed by atoms with van der Waals surface area (Å²) in [7, 11) is 0. The number of hydrogen-bond donors (Lipinski definition) is 5. The number of aliphatic hydroxyl groups is 3.